The van der Waals surface area contributed by atoms with Gasteiger partial charge in [-0.25, -0.2) is 8.78 Å². The van der Waals surface area contributed by atoms with Crippen LogP contribution >= 0.6 is 11.8 Å². The summed E-state index contributed by atoms with van der Waals surface area (Å²) in [6.45, 7) is 2.41. The van der Waals surface area contributed by atoms with E-state index in [0.29, 0.717) is 18.2 Å². The summed E-state index contributed by atoms with van der Waals surface area (Å²) in [6, 6.07) is 3.79. The van der Waals surface area contributed by atoms with Gasteiger partial charge in [-0.15, -0.1) is 0 Å². The second-order valence-corrected chi connectivity index (χ2v) is 5.51. The van der Waals surface area contributed by atoms with Crippen molar-refractivity contribution in [3.8, 4) is 0 Å². The summed E-state index contributed by atoms with van der Waals surface area (Å²) in [7, 11) is 1.95. The van der Waals surface area contributed by atoms with Crippen molar-refractivity contribution in [3.05, 3.63) is 35.4 Å². The Hall–Kier alpha value is -0.650. The molecule has 19 heavy (non-hydrogen) atoms. The van der Waals surface area contributed by atoms with Crippen LogP contribution in [0.3, 0.4) is 0 Å². The number of likely N-dealkylation sites (N-methyl/N-ethyl adjacent to an activating group) is 1. The lowest BCUT2D eigenvalue weighted by Crippen LogP contribution is -2.40. The molecule has 1 aromatic carbocycles. The van der Waals surface area contributed by atoms with E-state index in [0.717, 1.165) is 18.2 Å². The van der Waals surface area contributed by atoms with Gasteiger partial charge in [0.25, 0.3) is 0 Å². The summed E-state index contributed by atoms with van der Waals surface area (Å²) >= 11 is 1.76. The Balaban J connectivity index is 2.98. The molecule has 0 saturated heterocycles. The number of nitrogens with zero attached hydrogens (tertiary/aromatic N) is 1. The molecular formula is C14H22F2N2S. The van der Waals surface area contributed by atoms with Crippen molar-refractivity contribution in [1.82, 2.24) is 4.90 Å². The fourth-order valence-corrected chi connectivity index (χ4v) is 3.11. The monoisotopic (exact) mass is 288 g/mol. The largest absolute Gasteiger partial charge is 0.329 e. The minimum absolute atomic E-state index is 0.224. The Kier molecular flexibility index (Phi) is 6.75. The molecule has 108 valence electrons. The van der Waals surface area contributed by atoms with Crippen LogP contribution in [-0.2, 0) is 0 Å². The van der Waals surface area contributed by atoms with E-state index in [1.54, 1.807) is 11.8 Å². The molecule has 0 heterocycles. The summed E-state index contributed by atoms with van der Waals surface area (Å²) in [5.74, 6) is -0.121. The average Bonchev–Trinajstić information content (AvgIpc) is 2.39. The lowest BCUT2D eigenvalue weighted by Gasteiger charge is -2.34. The number of benzene rings is 1. The summed E-state index contributed by atoms with van der Waals surface area (Å²) in [4.78, 5) is 2.09. The standard InChI is InChI=1S/C14H22F2N2S/c1-4-11(9-19-3)18(2)14(8-17)12-6-5-10(15)7-13(12)16/h5-7,11,14H,4,8-9,17H2,1-3H3. The molecule has 0 amide bonds. The van der Waals surface area contributed by atoms with Gasteiger partial charge in [-0.2, -0.15) is 11.8 Å². The third-order valence-electron chi connectivity index (χ3n) is 3.44. The molecule has 0 aliphatic carbocycles. The van der Waals surface area contributed by atoms with Gasteiger partial charge >= 0.3 is 0 Å². The van der Waals surface area contributed by atoms with Crippen LogP contribution in [0.5, 0.6) is 0 Å². The lowest BCUT2D eigenvalue weighted by atomic mass is 10.0. The molecule has 0 aliphatic heterocycles. The third kappa shape index (κ3) is 4.16. The van der Waals surface area contributed by atoms with Crippen LogP contribution in [0, 0.1) is 11.6 Å². The smallest absolute Gasteiger partial charge is 0.130 e. The number of hydrogen-bond donors (Lipinski definition) is 1. The van der Waals surface area contributed by atoms with Gasteiger partial charge in [-0.3, -0.25) is 4.90 Å². The van der Waals surface area contributed by atoms with E-state index in [-0.39, 0.29) is 6.04 Å². The molecular weight excluding hydrogens is 266 g/mol. The lowest BCUT2D eigenvalue weighted by molar-refractivity contribution is 0.184. The van der Waals surface area contributed by atoms with E-state index < -0.39 is 11.6 Å². The van der Waals surface area contributed by atoms with Crippen LogP contribution in [0.1, 0.15) is 24.9 Å². The quantitative estimate of drug-likeness (QED) is 0.836. The first kappa shape index (κ1) is 16.4. The molecule has 0 aromatic heterocycles. The third-order valence-corrected chi connectivity index (χ3v) is 4.16. The SMILES string of the molecule is CCC(CSC)N(C)C(CN)c1ccc(F)cc1F. The van der Waals surface area contributed by atoms with Crippen LogP contribution in [-0.4, -0.2) is 36.5 Å². The predicted octanol–water partition coefficient (Wildman–Crippen LogP) is 3.04. The Morgan fingerprint density at radius 1 is 1.37 bits per heavy atom. The first-order chi connectivity index (χ1) is 9.04. The van der Waals surface area contributed by atoms with Crippen molar-refractivity contribution in [2.75, 3.05) is 25.6 Å². The highest BCUT2D eigenvalue weighted by atomic mass is 32.2. The number of halogens is 2. The highest BCUT2D eigenvalue weighted by Crippen LogP contribution is 2.25. The summed E-state index contributed by atoms with van der Waals surface area (Å²) in [5, 5.41) is 0. The molecule has 0 saturated carbocycles. The fraction of sp³-hybridized carbons (Fsp3) is 0.571. The Morgan fingerprint density at radius 3 is 2.53 bits per heavy atom. The molecule has 5 heteroatoms. The molecule has 2 unspecified atom stereocenters. The maximum atomic E-state index is 13.9. The first-order valence-corrected chi connectivity index (χ1v) is 7.80. The molecule has 2 atom stereocenters. The Morgan fingerprint density at radius 2 is 2.05 bits per heavy atom. The van der Waals surface area contributed by atoms with Crippen molar-refractivity contribution < 1.29 is 8.78 Å². The molecule has 1 rings (SSSR count). The highest BCUT2D eigenvalue weighted by molar-refractivity contribution is 7.98. The Labute approximate surface area is 118 Å². The van der Waals surface area contributed by atoms with Crippen LogP contribution in [0.4, 0.5) is 8.78 Å². The zero-order valence-corrected chi connectivity index (χ0v) is 12.5. The molecule has 0 fully saturated rings. The van der Waals surface area contributed by atoms with Crippen LogP contribution in [0.2, 0.25) is 0 Å². The van der Waals surface area contributed by atoms with E-state index in [1.165, 1.54) is 12.1 Å². The summed E-state index contributed by atoms with van der Waals surface area (Å²) in [6.07, 6.45) is 3.02. The van der Waals surface area contributed by atoms with Crippen molar-refractivity contribution >= 4 is 11.8 Å². The minimum Gasteiger partial charge on any atom is -0.329 e. The number of hydrogen-bond acceptors (Lipinski definition) is 3. The normalized spacial score (nSPS) is 14.7. The molecule has 0 aliphatic rings. The number of rotatable bonds is 7. The Bertz CT molecular complexity index is 401. The van der Waals surface area contributed by atoms with E-state index in [2.05, 4.69) is 11.8 Å². The van der Waals surface area contributed by atoms with Gasteiger partial charge in [0.1, 0.15) is 11.6 Å². The van der Waals surface area contributed by atoms with Gasteiger partial charge in [0.15, 0.2) is 0 Å². The zero-order chi connectivity index (χ0) is 14.4. The maximum absolute atomic E-state index is 13.9. The van der Waals surface area contributed by atoms with E-state index in [9.17, 15) is 8.78 Å². The highest BCUT2D eigenvalue weighted by Gasteiger charge is 2.24. The van der Waals surface area contributed by atoms with E-state index >= 15 is 0 Å². The molecule has 1 aromatic rings. The van der Waals surface area contributed by atoms with Gasteiger partial charge in [-0.1, -0.05) is 13.0 Å². The summed E-state index contributed by atoms with van der Waals surface area (Å²) in [5.41, 5.74) is 6.26. The van der Waals surface area contributed by atoms with Crippen molar-refractivity contribution in [3.63, 3.8) is 0 Å². The number of nitrogens with two attached hydrogens (primary N) is 1. The van der Waals surface area contributed by atoms with Gasteiger partial charge in [-0.05, 0) is 25.8 Å². The number of thioether (sulfide) groups is 1. The van der Waals surface area contributed by atoms with Crippen LogP contribution in [0.25, 0.3) is 0 Å². The predicted molar refractivity (Wildman–Crippen MR) is 78.4 cm³/mol. The maximum Gasteiger partial charge on any atom is 0.130 e. The second-order valence-electron chi connectivity index (χ2n) is 4.60. The van der Waals surface area contributed by atoms with E-state index in [4.69, 9.17) is 5.73 Å². The van der Waals surface area contributed by atoms with Gasteiger partial charge in [0.05, 0.1) is 0 Å². The van der Waals surface area contributed by atoms with Crippen LogP contribution < -0.4 is 5.73 Å². The molecule has 2 N–H and O–H groups in total. The van der Waals surface area contributed by atoms with Crippen LogP contribution in [0.15, 0.2) is 18.2 Å². The zero-order valence-electron chi connectivity index (χ0n) is 11.7. The molecule has 2 nitrogen and oxygen atoms in total. The van der Waals surface area contributed by atoms with Crippen molar-refractivity contribution in [2.45, 2.75) is 25.4 Å². The fourth-order valence-electron chi connectivity index (χ4n) is 2.25. The molecule has 0 radical (unpaired) electrons. The van der Waals surface area contributed by atoms with Gasteiger partial charge in [0.2, 0.25) is 0 Å². The topological polar surface area (TPSA) is 29.3 Å². The van der Waals surface area contributed by atoms with Gasteiger partial charge < -0.3 is 5.73 Å². The van der Waals surface area contributed by atoms with Gasteiger partial charge in [0, 0.05) is 36.0 Å². The minimum atomic E-state index is -0.559. The second kappa shape index (κ2) is 7.82. The van der Waals surface area contributed by atoms with Crippen molar-refractivity contribution in [2.24, 2.45) is 5.73 Å². The summed E-state index contributed by atoms with van der Waals surface area (Å²) < 4.78 is 26.8. The van der Waals surface area contributed by atoms with E-state index in [1.807, 2.05) is 13.3 Å². The molecule has 0 bridgehead atoms. The van der Waals surface area contributed by atoms with Crippen molar-refractivity contribution in [1.29, 1.82) is 0 Å². The molecule has 0 spiro atoms. The average molecular weight is 288 g/mol. The first-order valence-electron chi connectivity index (χ1n) is 6.41.